The minimum Gasteiger partial charge on any atom is -0.127 e. The van der Waals surface area contributed by atoms with Crippen LogP contribution in [0, 0.1) is 11.8 Å². The van der Waals surface area contributed by atoms with Crippen molar-refractivity contribution in [2.45, 2.75) is 51.9 Å². The molecular weight excluding hydrogens is 168 g/mol. The molecule has 0 amide bonds. The molecule has 0 aromatic carbocycles. The van der Waals surface area contributed by atoms with Crippen molar-refractivity contribution in [1.82, 2.24) is 0 Å². The van der Waals surface area contributed by atoms with E-state index in [9.17, 15) is 0 Å². The second-order valence-electron chi connectivity index (χ2n) is 2.96. The number of unbranched alkanes of at least 4 members (excludes halogenated alkanes) is 5. The number of rotatable bonds is 6. The summed E-state index contributed by atoms with van der Waals surface area (Å²) in [7, 11) is 0. The molecule has 0 heterocycles. The lowest BCUT2D eigenvalue weighted by molar-refractivity contribution is 0.736. The fourth-order valence-electron chi connectivity index (χ4n) is 0.948. The third-order valence-corrected chi connectivity index (χ3v) is 1.98. The Labute approximate surface area is 81.7 Å². The number of alkyl halides is 1. The predicted octanol–water partition coefficient (Wildman–Crippen LogP) is 3.98. The van der Waals surface area contributed by atoms with Gasteiger partial charge in [-0.25, -0.2) is 0 Å². The van der Waals surface area contributed by atoms with Crippen molar-refractivity contribution in [1.29, 1.82) is 0 Å². The summed E-state index contributed by atoms with van der Waals surface area (Å²) >= 11 is 5.53. The normalized spacial score (nSPS) is 9.17. The van der Waals surface area contributed by atoms with Gasteiger partial charge in [-0.15, -0.1) is 23.4 Å². The Hall–Kier alpha value is -0.150. The summed E-state index contributed by atoms with van der Waals surface area (Å²) in [4.78, 5) is 0. The van der Waals surface area contributed by atoms with Gasteiger partial charge in [0.15, 0.2) is 0 Å². The zero-order chi connectivity index (χ0) is 9.07. The third kappa shape index (κ3) is 9.85. The molecule has 0 saturated heterocycles. The molecule has 0 fully saturated rings. The Kier molecular flexibility index (Phi) is 10.7. The molecule has 0 aromatic heterocycles. The maximum Gasteiger partial charge on any atom is 0.0223 e. The van der Waals surface area contributed by atoms with E-state index in [2.05, 4.69) is 18.8 Å². The summed E-state index contributed by atoms with van der Waals surface area (Å²) in [5.74, 6) is 7.13. The van der Waals surface area contributed by atoms with Gasteiger partial charge in [0.2, 0.25) is 0 Å². The first-order chi connectivity index (χ1) is 5.91. The van der Waals surface area contributed by atoms with E-state index in [1.165, 1.54) is 19.3 Å². The molecule has 0 bridgehead atoms. The first-order valence-electron chi connectivity index (χ1n) is 4.93. The molecule has 0 unspecified atom stereocenters. The van der Waals surface area contributed by atoms with Crippen LogP contribution in [0.25, 0.3) is 0 Å². The van der Waals surface area contributed by atoms with Gasteiger partial charge < -0.3 is 0 Å². The van der Waals surface area contributed by atoms with Crippen molar-refractivity contribution in [2.24, 2.45) is 0 Å². The van der Waals surface area contributed by atoms with Crippen molar-refractivity contribution < 1.29 is 0 Å². The van der Waals surface area contributed by atoms with Gasteiger partial charge >= 0.3 is 0 Å². The minimum absolute atomic E-state index is 0.775. The fourth-order valence-corrected chi connectivity index (χ4v) is 1.14. The lowest BCUT2D eigenvalue weighted by Gasteiger charge is -1.89. The fraction of sp³-hybridized carbons (Fsp3) is 0.818. The van der Waals surface area contributed by atoms with E-state index in [4.69, 9.17) is 11.6 Å². The molecule has 0 N–H and O–H groups in total. The summed E-state index contributed by atoms with van der Waals surface area (Å²) in [6.07, 6.45) is 8.23. The van der Waals surface area contributed by atoms with Crippen molar-refractivity contribution in [3.8, 4) is 11.8 Å². The molecule has 0 aliphatic carbocycles. The highest BCUT2D eigenvalue weighted by atomic mass is 35.5. The second kappa shape index (κ2) is 10.8. The molecule has 0 nitrogen and oxygen atoms in total. The van der Waals surface area contributed by atoms with Gasteiger partial charge in [-0.3, -0.25) is 0 Å². The predicted molar refractivity (Wildman–Crippen MR) is 56.5 cm³/mol. The van der Waals surface area contributed by atoms with Crippen molar-refractivity contribution in [3.63, 3.8) is 0 Å². The summed E-state index contributed by atoms with van der Waals surface area (Å²) in [5.41, 5.74) is 0. The molecule has 0 rings (SSSR count). The molecule has 70 valence electrons. The Balaban J connectivity index is 3.01. The molecule has 1 heteroatoms. The summed E-state index contributed by atoms with van der Waals surface area (Å²) in [6, 6.07) is 0. The molecule has 0 spiro atoms. The van der Waals surface area contributed by atoms with Crippen LogP contribution in [0.15, 0.2) is 0 Å². The lowest BCUT2D eigenvalue weighted by Crippen LogP contribution is -1.75. The average molecular weight is 187 g/mol. The van der Waals surface area contributed by atoms with Crippen molar-refractivity contribution in [3.05, 3.63) is 0 Å². The first kappa shape index (κ1) is 11.8. The highest BCUT2D eigenvalue weighted by molar-refractivity contribution is 6.17. The molecule has 0 radical (unpaired) electrons. The Morgan fingerprint density at radius 2 is 1.50 bits per heavy atom. The van der Waals surface area contributed by atoms with Gasteiger partial charge in [0.05, 0.1) is 0 Å². The Morgan fingerprint density at radius 1 is 0.917 bits per heavy atom. The highest BCUT2D eigenvalue weighted by Gasteiger charge is 1.82. The number of hydrogen-bond donors (Lipinski definition) is 0. The Bertz CT molecular complexity index is 116. The quantitative estimate of drug-likeness (QED) is 0.335. The topological polar surface area (TPSA) is 0 Å². The van der Waals surface area contributed by atoms with Crippen LogP contribution in [0.2, 0.25) is 0 Å². The van der Waals surface area contributed by atoms with Gasteiger partial charge in [-0.1, -0.05) is 19.8 Å². The summed E-state index contributed by atoms with van der Waals surface area (Å²) < 4.78 is 0. The molecule has 0 aliphatic heterocycles. The smallest absolute Gasteiger partial charge is 0.0223 e. The van der Waals surface area contributed by atoms with Crippen molar-refractivity contribution >= 4 is 11.6 Å². The van der Waals surface area contributed by atoms with E-state index < -0.39 is 0 Å². The first-order valence-corrected chi connectivity index (χ1v) is 5.47. The van der Waals surface area contributed by atoms with Gasteiger partial charge in [0.25, 0.3) is 0 Å². The zero-order valence-corrected chi connectivity index (χ0v) is 8.79. The minimum atomic E-state index is 0.775. The maximum atomic E-state index is 5.53. The Morgan fingerprint density at radius 3 is 2.00 bits per heavy atom. The van der Waals surface area contributed by atoms with E-state index in [1.54, 1.807) is 0 Å². The second-order valence-corrected chi connectivity index (χ2v) is 3.33. The number of halogens is 1. The highest BCUT2D eigenvalue weighted by Crippen LogP contribution is 1.98. The molecular formula is C11H19Cl. The molecule has 12 heavy (non-hydrogen) atoms. The largest absolute Gasteiger partial charge is 0.127 e. The van der Waals surface area contributed by atoms with E-state index in [-0.39, 0.29) is 0 Å². The van der Waals surface area contributed by atoms with Crippen LogP contribution in [-0.2, 0) is 0 Å². The van der Waals surface area contributed by atoms with Gasteiger partial charge in [0, 0.05) is 18.7 Å². The van der Waals surface area contributed by atoms with E-state index >= 15 is 0 Å². The molecule has 0 aromatic rings. The zero-order valence-electron chi connectivity index (χ0n) is 8.03. The van der Waals surface area contributed by atoms with Gasteiger partial charge in [0.1, 0.15) is 0 Å². The van der Waals surface area contributed by atoms with Crippen LogP contribution >= 0.6 is 11.6 Å². The van der Waals surface area contributed by atoms with E-state index in [0.717, 1.165) is 31.6 Å². The van der Waals surface area contributed by atoms with Gasteiger partial charge in [-0.2, -0.15) is 0 Å². The SMILES string of the molecule is CCCCCC#CCCCCCl. The third-order valence-electron chi connectivity index (χ3n) is 1.72. The van der Waals surface area contributed by atoms with Crippen LogP contribution in [0.1, 0.15) is 51.9 Å². The van der Waals surface area contributed by atoms with Gasteiger partial charge in [-0.05, 0) is 19.3 Å². The average Bonchev–Trinajstić information content (AvgIpc) is 2.10. The number of hydrogen-bond acceptors (Lipinski definition) is 0. The summed E-state index contributed by atoms with van der Waals surface area (Å²) in [6.45, 7) is 2.22. The van der Waals surface area contributed by atoms with E-state index in [1.807, 2.05) is 0 Å². The van der Waals surface area contributed by atoms with Crippen molar-refractivity contribution in [2.75, 3.05) is 5.88 Å². The van der Waals surface area contributed by atoms with Crippen LogP contribution in [0.4, 0.5) is 0 Å². The van der Waals surface area contributed by atoms with Crippen LogP contribution < -0.4 is 0 Å². The monoisotopic (exact) mass is 186 g/mol. The summed E-state index contributed by atoms with van der Waals surface area (Å²) in [5, 5.41) is 0. The standard InChI is InChI=1S/C11H19Cl/c1-2-3-4-5-6-7-8-9-10-11-12/h2-5,8-11H2,1H3. The van der Waals surface area contributed by atoms with Crippen LogP contribution in [-0.4, -0.2) is 5.88 Å². The van der Waals surface area contributed by atoms with Crippen LogP contribution in [0.5, 0.6) is 0 Å². The molecule has 0 saturated carbocycles. The van der Waals surface area contributed by atoms with Crippen LogP contribution in [0.3, 0.4) is 0 Å². The molecule has 0 aliphatic rings. The maximum absolute atomic E-state index is 5.53. The van der Waals surface area contributed by atoms with E-state index in [0.29, 0.717) is 0 Å². The lowest BCUT2D eigenvalue weighted by atomic mass is 10.2. The molecule has 0 atom stereocenters.